The van der Waals surface area contributed by atoms with Crippen LogP contribution in [0.4, 0.5) is 0 Å². The van der Waals surface area contributed by atoms with Gasteiger partial charge in [-0.15, -0.1) is 0 Å². The van der Waals surface area contributed by atoms with Crippen LogP contribution >= 0.6 is 0 Å². The normalized spacial score (nSPS) is 13.0. The zero-order chi connectivity index (χ0) is 7.40. The summed E-state index contributed by atoms with van der Waals surface area (Å²) in [5.74, 6) is 0. The van der Waals surface area contributed by atoms with E-state index in [1.54, 1.807) is 0 Å². The fraction of sp³-hybridized carbons (Fsp3) is 0.222. The molecule has 0 bridgehead atoms. The van der Waals surface area contributed by atoms with E-state index in [1.165, 1.54) is 0 Å². The number of rotatable bonds is 2. The molecule has 53 valence electrons. The highest BCUT2D eigenvalue weighted by Crippen LogP contribution is 2.01. The predicted octanol–water partition coefficient (Wildman–Crippen LogP) is 1.42. The summed E-state index contributed by atoms with van der Waals surface area (Å²) >= 11 is 0. The molecule has 1 unspecified atom stereocenters. The second kappa shape index (κ2) is 3.37. The predicted molar refractivity (Wildman–Crippen MR) is 41.5 cm³/mol. The molecule has 1 N–H and O–H groups in total. The summed E-state index contributed by atoms with van der Waals surface area (Å²) in [6.07, 6.45) is 0.156. The van der Waals surface area contributed by atoms with E-state index >= 15 is 0 Å². The number of aliphatic hydroxyl groups excluding tert-OH is 1. The Bertz CT molecular complexity index is 179. The molecule has 1 heteroatoms. The van der Waals surface area contributed by atoms with Gasteiger partial charge in [-0.3, -0.25) is 0 Å². The van der Waals surface area contributed by atoms with Gasteiger partial charge in [0.05, 0.1) is 6.10 Å². The minimum atomic E-state index is -0.484. The van der Waals surface area contributed by atoms with Crippen LogP contribution in [0.2, 0.25) is 0 Å². The Labute approximate surface area is 61.3 Å². The third-order valence-corrected chi connectivity index (χ3v) is 1.31. The topological polar surface area (TPSA) is 20.2 Å². The minimum absolute atomic E-state index is 0.484. The molecule has 1 atom stereocenters. The van der Waals surface area contributed by atoms with Crippen LogP contribution in [0.3, 0.4) is 0 Å². The molecule has 10 heavy (non-hydrogen) atoms. The molecular weight excluding hydrogens is 124 g/mol. The summed E-state index contributed by atoms with van der Waals surface area (Å²) in [6.45, 7) is 3.49. The lowest BCUT2D eigenvalue weighted by Crippen LogP contribution is -2.03. The fourth-order valence-electron chi connectivity index (χ4n) is 0.886. The summed E-state index contributed by atoms with van der Waals surface area (Å²) in [7, 11) is 0. The zero-order valence-corrected chi connectivity index (χ0v) is 5.83. The first kappa shape index (κ1) is 7.29. The summed E-state index contributed by atoms with van der Waals surface area (Å²) < 4.78 is 0. The Morgan fingerprint density at radius 3 is 2.40 bits per heavy atom. The molecule has 0 saturated carbocycles. The molecule has 1 nitrogen and oxygen atoms in total. The Balaban J connectivity index is 2.59. The Morgan fingerprint density at radius 2 is 1.90 bits per heavy atom. The molecule has 0 fully saturated rings. The molecule has 0 amide bonds. The van der Waals surface area contributed by atoms with E-state index in [9.17, 15) is 0 Å². The summed E-state index contributed by atoms with van der Waals surface area (Å²) in [5, 5.41) is 8.89. The molecule has 0 aromatic heterocycles. The van der Waals surface area contributed by atoms with Crippen molar-refractivity contribution < 1.29 is 5.11 Å². The fourth-order valence-corrected chi connectivity index (χ4v) is 0.886. The third kappa shape index (κ3) is 2.19. The quantitative estimate of drug-likeness (QED) is 0.650. The molecule has 0 heterocycles. The van der Waals surface area contributed by atoms with Gasteiger partial charge in [0.15, 0.2) is 0 Å². The monoisotopic (exact) mass is 135 g/mol. The van der Waals surface area contributed by atoms with Crippen molar-refractivity contribution in [2.75, 3.05) is 0 Å². The van der Waals surface area contributed by atoms with Crippen LogP contribution in [0, 0.1) is 6.92 Å². The average molecular weight is 135 g/mol. The van der Waals surface area contributed by atoms with Gasteiger partial charge < -0.3 is 5.11 Å². The minimum Gasteiger partial charge on any atom is -0.393 e. The number of hydrogen-bond donors (Lipinski definition) is 1. The molecule has 1 aromatic carbocycles. The van der Waals surface area contributed by atoms with Crippen molar-refractivity contribution >= 4 is 0 Å². The first-order valence-electron chi connectivity index (χ1n) is 3.34. The highest BCUT2D eigenvalue weighted by atomic mass is 16.3. The van der Waals surface area contributed by atoms with Crippen molar-refractivity contribution in [3.05, 3.63) is 42.8 Å². The molecule has 1 aromatic rings. The van der Waals surface area contributed by atoms with Crippen LogP contribution < -0.4 is 0 Å². The van der Waals surface area contributed by atoms with Crippen LogP contribution in [0.25, 0.3) is 0 Å². The van der Waals surface area contributed by atoms with Gasteiger partial charge in [0.25, 0.3) is 0 Å². The van der Waals surface area contributed by atoms with Gasteiger partial charge in [-0.1, -0.05) is 30.3 Å². The van der Waals surface area contributed by atoms with Gasteiger partial charge in [-0.25, -0.2) is 0 Å². The Kier molecular flexibility index (Phi) is 2.46. The smallest absolute Gasteiger partial charge is 0.0581 e. The molecule has 0 aliphatic rings. The van der Waals surface area contributed by atoms with Crippen molar-refractivity contribution in [2.24, 2.45) is 0 Å². The molecular formula is C9H11O. The lowest BCUT2D eigenvalue weighted by atomic mass is 10.1. The lowest BCUT2D eigenvalue weighted by Gasteiger charge is -2.01. The number of aliphatic hydroxyl groups is 1. The summed E-state index contributed by atoms with van der Waals surface area (Å²) in [6, 6.07) is 9.83. The molecule has 0 saturated heterocycles. The van der Waals surface area contributed by atoms with Crippen molar-refractivity contribution in [1.82, 2.24) is 0 Å². The standard InChI is InChI=1S/C9H11O/c1-8(10)7-9-5-3-2-4-6-9/h2-6,8,10H,1,7H2. The van der Waals surface area contributed by atoms with Gasteiger partial charge in [0, 0.05) is 0 Å². The summed E-state index contributed by atoms with van der Waals surface area (Å²) in [4.78, 5) is 0. The Morgan fingerprint density at radius 1 is 1.30 bits per heavy atom. The van der Waals surface area contributed by atoms with E-state index in [0.29, 0.717) is 6.42 Å². The highest BCUT2D eigenvalue weighted by molar-refractivity contribution is 5.15. The zero-order valence-electron chi connectivity index (χ0n) is 5.83. The second-order valence-electron chi connectivity index (χ2n) is 2.34. The van der Waals surface area contributed by atoms with Crippen LogP contribution in [-0.4, -0.2) is 11.2 Å². The van der Waals surface area contributed by atoms with Crippen LogP contribution in [0.1, 0.15) is 5.56 Å². The van der Waals surface area contributed by atoms with Gasteiger partial charge in [0.1, 0.15) is 0 Å². The van der Waals surface area contributed by atoms with Gasteiger partial charge in [-0.05, 0) is 18.9 Å². The number of hydrogen-bond acceptors (Lipinski definition) is 1. The van der Waals surface area contributed by atoms with Crippen molar-refractivity contribution in [3.63, 3.8) is 0 Å². The molecule has 1 rings (SSSR count). The van der Waals surface area contributed by atoms with Crippen molar-refractivity contribution in [1.29, 1.82) is 0 Å². The highest BCUT2D eigenvalue weighted by Gasteiger charge is 1.95. The van der Waals surface area contributed by atoms with Gasteiger partial charge in [-0.2, -0.15) is 0 Å². The average Bonchev–Trinajstić information content (AvgIpc) is 1.88. The third-order valence-electron chi connectivity index (χ3n) is 1.31. The first-order chi connectivity index (χ1) is 4.79. The summed E-state index contributed by atoms with van der Waals surface area (Å²) in [5.41, 5.74) is 1.13. The van der Waals surface area contributed by atoms with E-state index in [-0.39, 0.29) is 0 Å². The van der Waals surface area contributed by atoms with E-state index in [2.05, 4.69) is 6.92 Å². The van der Waals surface area contributed by atoms with Crippen LogP contribution in [0.5, 0.6) is 0 Å². The lowest BCUT2D eigenvalue weighted by molar-refractivity contribution is 0.221. The van der Waals surface area contributed by atoms with E-state index in [0.717, 1.165) is 5.56 Å². The SMILES string of the molecule is [CH2]C(O)Cc1ccccc1. The maximum absolute atomic E-state index is 8.89. The largest absolute Gasteiger partial charge is 0.393 e. The molecule has 0 aliphatic heterocycles. The molecule has 1 radical (unpaired) electrons. The molecule has 0 aliphatic carbocycles. The molecule has 0 spiro atoms. The van der Waals surface area contributed by atoms with Crippen LogP contribution in [-0.2, 0) is 6.42 Å². The maximum atomic E-state index is 8.89. The van der Waals surface area contributed by atoms with Crippen molar-refractivity contribution in [3.8, 4) is 0 Å². The van der Waals surface area contributed by atoms with Crippen LogP contribution in [0.15, 0.2) is 30.3 Å². The van der Waals surface area contributed by atoms with E-state index in [1.807, 2.05) is 30.3 Å². The van der Waals surface area contributed by atoms with Crippen molar-refractivity contribution in [2.45, 2.75) is 12.5 Å². The Hall–Kier alpha value is -0.820. The first-order valence-corrected chi connectivity index (χ1v) is 3.34. The van der Waals surface area contributed by atoms with E-state index in [4.69, 9.17) is 5.11 Å². The van der Waals surface area contributed by atoms with Gasteiger partial charge in [0.2, 0.25) is 0 Å². The van der Waals surface area contributed by atoms with Gasteiger partial charge >= 0.3 is 0 Å². The number of benzene rings is 1. The van der Waals surface area contributed by atoms with E-state index < -0.39 is 6.10 Å². The second-order valence-corrected chi connectivity index (χ2v) is 2.34. The maximum Gasteiger partial charge on any atom is 0.0581 e.